The van der Waals surface area contributed by atoms with Crippen LogP contribution in [0.4, 0.5) is 5.69 Å². The largest absolute Gasteiger partial charge is 0.506 e. The lowest BCUT2D eigenvalue weighted by Gasteiger charge is -2.37. The second-order valence-corrected chi connectivity index (χ2v) is 7.69. The fraction of sp³-hybridized carbons (Fsp3) is 0.435. The highest BCUT2D eigenvalue weighted by Crippen LogP contribution is 2.27. The van der Waals surface area contributed by atoms with Gasteiger partial charge in [0.2, 0.25) is 0 Å². The lowest BCUT2D eigenvalue weighted by atomic mass is 10.1. The number of nitrogens with zero attached hydrogens (tertiary/aromatic N) is 4. The molecule has 0 bridgehead atoms. The summed E-state index contributed by atoms with van der Waals surface area (Å²) in [5, 5.41) is 13.6. The third-order valence-electron chi connectivity index (χ3n) is 5.04. The molecule has 0 aliphatic carbocycles. The summed E-state index contributed by atoms with van der Waals surface area (Å²) < 4.78 is 0. The Balaban J connectivity index is 0.00000320. The maximum absolute atomic E-state index is 10.1. The first kappa shape index (κ1) is 24.3. The Labute approximate surface area is 197 Å². The smallest absolute Gasteiger partial charge is 0.194 e. The molecule has 6 nitrogen and oxygen atoms in total. The van der Waals surface area contributed by atoms with Gasteiger partial charge in [0.15, 0.2) is 5.96 Å². The predicted molar refractivity (Wildman–Crippen MR) is 136 cm³/mol. The van der Waals surface area contributed by atoms with E-state index < -0.39 is 0 Å². The molecule has 1 aliphatic heterocycles. The normalized spacial score (nSPS) is 14.6. The standard InChI is InChI=1S/C23H33N5O.HI/c1-4-24-23(25-17-19-8-7-9-20(16-19)18-26(2)3)28-14-12-27(13-15-28)21-10-5-6-11-22(21)29;/h5-11,16,29H,4,12-15,17-18H2,1-3H3,(H,24,25);1H. The van der Waals surface area contributed by atoms with E-state index in [1.165, 1.54) is 11.1 Å². The van der Waals surface area contributed by atoms with Gasteiger partial charge in [-0.15, -0.1) is 24.0 Å². The Morgan fingerprint density at radius 1 is 1.03 bits per heavy atom. The van der Waals surface area contributed by atoms with E-state index in [2.05, 4.69) is 65.3 Å². The summed E-state index contributed by atoms with van der Waals surface area (Å²) in [6.45, 7) is 8.03. The Hall–Kier alpha value is -2.00. The molecular weight excluding hydrogens is 489 g/mol. The van der Waals surface area contributed by atoms with Crippen LogP contribution in [-0.4, -0.2) is 67.7 Å². The summed E-state index contributed by atoms with van der Waals surface area (Å²) >= 11 is 0. The Morgan fingerprint density at radius 2 is 1.73 bits per heavy atom. The van der Waals surface area contributed by atoms with E-state index in [9.17, 15) is 5.11 Å². The van der Waals surface area contributed by atoms with Gasteiger partial charge in [0, 0.05) is 39.3 Å². The number of nitrogens with one attached hydrogen (secondary N) is 1. The Bertz CT molecular complexity index is 819. The topological polar surface area (TPSA) is 54.3 Å². The minimum atomic E-state index is 0. The SMILES string of the molecule is CCNC(=NCc1cccc(CN(C)C)c1)N1CCN(c2ccccc2O)CC1.I. The molecule has 0 atom stereocenters. The summed E-state index contributed by atoms with van der Waals surface area (Å²) in [7, 11) is 4.17. The number of phenolic OH excluding ortho intramolecular Hbond substituents is 1. The molecule has 30 heavy (non-hydrogen) atoms. The summed E-state index contributed by atoms with van der Waals surface area (Å²) in [5.74, 6) is 1.31. The van der Waals surface area contributed by atoms with Gasteiger partial charge in [0.1, 0.15) is 5.75 Å². The molecule has 0 spiro atoms. The minimum absolute atomic E-state index is 0. The summed E-state index contributed by atoms with van der Waals surface area (Å²) in [6.07, 6.45) is 0. The van der Waals surface area contributed by atoms with Crippen molar-refractivity contribution >= 4 is 35.6 Å². The lowest BCUT2D eigenvalue weighted by molar-refractivity contribution is 0.369. The van der Waals surface area contributed by atoms with Crippen molar-refractivity contribution in [3.8, 4) is 5.75 Å². The van der Waals surface area contributed by atoms with Crippen LogP contribution in [0.15, 0.2) is 53.5 Å². The van der Waals surface area contributed by atoms with Crippen molar-refractivity contribution in [2.45, 2.75) is 20.0 Å². The zero-order valence-corrected chi connectivity index (χ0v) is 20.5. The van der Waals surface area contributed by atoms with Crippen LogP contribution in [-0.2, 0) is 13.1 Å². The fourth-order valence-electron chi connectivity index (χ4n) is 3.67. The third-order valence-corrected chi connectivity index (χ3v) is 5.04. The number of halogens is 1. The molecule has 1 heterocycles. The van der Waals surface area contributed by atoms with E-state index in [4.69, 9.17) is 4.99 Å². The molecule has 1 aliphatic rings. The number of anilines is 1. The molecule has 0 amide bonds. The molecule has 0 saturated carbocycles. The molecule has 7 heteroatoms. The second kappa shape index (κ2) is 12.0. The van der Waals surface area contributed by atoms with Crippen LogP contribution in [0.3, 0.4) is 0 Å². The van der Waals surface area contributed by atoms with Gasteiger partial charge in [-0.2, -0.15) is 0 Å². The molecule has 2 aromatic carbocycles. The minimum Gasteiger partial charge on any atom is -0.506 e. The van der Waals surface area contributed by atoms with Crippen LogP contribution in [0.5, 0.6) is 5.75 Å². The number of hydrogen-bond donors (Lipinski definition) is 2. The highest BCUT2D eigenvalue weighted by atomic mass is 127. The first-order valence-corrected chi connectivity index (χ1v) is 10.4. The van der Waals surface area contributed by atoms with Crippen LogP contribution >= 0.6 is 24.0 Å². The number of guanidine groups is 1. The van der Waals surface area contributed by atoms with Crippen LogP contribution in [0.2, 0.25) is 0 Å². The first-order valence-electron chi connectivity index (χ1n) is 10.4. The van der Waals surface area contributed by atoms with Crippen molar-refractivity contribution in [1.29, 1.82) is 0 Å². The van der Waals surface area contributed by atoms with Crippen molar-refractivity contribution in [1.82, 2.24) is 15.1 Å². The average Bonchev–Trinajstić information content (AvgIpc) is 2.71. The van der Waals surface area contributed by atoms with Gasteiger partial charge >= 0.3 is 0 Å². The predicted octanol–water partition coefficient (Wildman–Crippen LogP) is 3.36. The number of aromatic hydroxyl groups is 1. The van der Waals surface area contributed by atoms with Crippen LogP contribution in [0, 0.1) is 0 Å². The third kappa shape index (κ3) is 6.77. The van der Waals surface area contributed by atoms with Gasteiger partial charge in [-0.25, -0.2) is 4.99 Å². The van der Waals surface area contributed by atoms with Crippen LogP contribution in [0.25, 0.3) is 0 Å². The lowest BCUT2D eigenvalue weighted by Crippen LogP contribution is -2.52. The monoisotopic (exact) mass is 523 g/mol. The van der Waals surface area contributed by atoms with Gasteiger partial charge in [-0.1, -0.05) is 36.4 Å². The molecule has 2 aromatic rings. The zero-order chi connectivity index (χ0) is 20.6. The number of para-hydroxylation sites is 2. The van der Waals surface area contributed by atoms with Gasteiger partial charge in [0.25, 0.3) is 0 Å². The van der Waals surface area contributed by atoms with E-state index in [-0.39, 0.29) is 24.0 Å². The number of aliphatic imine (C=N–C) groups is 1. The molecule has 0 unspecified atom stereocenters. The molecule has 0 aromatic heterocycles. The van der Waals surface area contributed by atoms with Crippen LogP contribution < -0.4 is 10.2 Å². The second-order valence-electron chi connectivity index (χ2n) is 7.69. The summed E-state index contributed by atoms with van der Waals surface area (Å²) in [5.41, 5.74) is 3.45. The quantitative estimate of drug-likeness (QED) is 0.346. The number of benzene rings is 2. The summed E-state index contributed by atoms with van der Waals surface area (Å²) in [4.78, 5) is 11.6. The average molecular weight is 523 g/mol. The molecular formula is C23H34IN5O. The molecule has 2 N–H and O–H groups in total. The highest BCUT2D eigenvalue weighted by molar-refractivity contribution is 14.0. The number of piperazine rings is 1. The van der Waals surface area contributed by atoms with Crippen molar-refractivity contribution in [2.75, 3.05) is 51.7 Å². The van der Waals surface area contributed by atoms with E-state index in [1.54, 1.807) is 6.07 Å². The molecule has 1 fully saturated rings. The number of rotatable bonds is 6. The van der Waals surface area contributed by atoms with Crippen LogP contribution in [0.1, 0.15) is 18.1 Å². The van der Waals surface area contributed by atoms with Crippen molar-refractivity contribution in [3.05, 3.63) is 59.7 Å². The summed E-state index contributed by atoms with van der Waals surface area (Å²) in [6, 6.07) is 16.2. The van der Waals surface area contributed by atoms with E-state index in [0.29, 0.717) is 12.3 Å². The van der Waals surface area contributed by atoms with Crippen molar-refractivity contribution in [2.24, 2.45) is 4.99 Å². The molecule has 0 radical (unpaired) electrons. The molecule has 3 rings (SSSR count). The Morgan fingerprint density at radius 3 is 2.40 bits per heavy atom. The van der Waals surface area contributed by atoms with Gasteiger partial charge in [-0.05, 0) is 44.3 Å². The molecule has 164 valence electrons. The van der Waals surface area contributed by atoms with E-state index >= 15 is 0 Å². The molecule has 1 saturated heterocycles. The number of phenols is 1. The number of hydrogen-bond acceptors (Lipinski definition) is 4. The maximum atomic E-state index is 10.1. The Kier molecular flexibility index (Phi) is 9.71. The van der Waals surface area contributed by atoms with E-state index in [1.807, 2.05) is 18.2 Å². The van der Waals surface area contributed by atoms with Gasteiger partial charge < -0.3 is 25.1 Å². The van der Waals surface area contributed by atoms with Crippen molar-refractivity contribution < 1.29 is 5.11 Å². The first-order chi connectivity index (χ1) is 14.1. The van der Waals surface area contributed by atoms with E-state index in [0.717, 1.165) is 50.9 Å². The fourth-order valence-corrected chi connectivity index (χ4v) is 3.67. The van der Waals surface area contributed by atoms with Gasteiger partial charge in [0.05, 0.1) is 12.2 Å². The maximum Gasteiger partial charge on any atom is 0.194 e. The zero-order valence-electron chi connectivity index (χ0n) is 18.2. The van der Waals surface area contributed by atoms with Gasteiger partial charge in [-0.3, -0.25) is 0 Å². The highest BCUT2D eigenvalue weighted by Gasteiger charge is 2.21. The van der Waals surface area contributed by atoms with Crippen molar-refractivity contribution in [3.63, 3.8) is 0 Å².